The lowest BCUT2D eigenvalue weighted by Crippen LogP contribution is -2.25. The molecule has 1 aromatic carbocycles. The molecule has 1 heterocycles. The standard InChI is InChI=1S/C20H24N2O4/c1-4-6-11-25-15-9-7-14(8-10-15)18-16(12-21)19(22)26-13(3)17(18)20(23)24-5-2/h7-10,18H,4-6,11,22H2,1-3H3. The summed E-state index contributed by atoms with van der Waals surface area (Å²) in [5.41, 5.74) is 7.11. The van der Waals surface area contributed by atoms with Crippen LogP contribution in [0.1, 0.15) is 45.1 Å². The number of nitrogens with two attached hydrogens (primary N) is 1. The summed E-state index contributed by atoms with van der Waals surface area (Å²) >= 11 is 0. The average molecular weight is 356 g/mol. The van der Waals surface area contributed by atoms with Gasteiger partial charge < -0.3 is 19.9 Å². The number of rotatable bonds is 7. The Morgan fingerprint density at radius 2 is 2.00 bits per heavy atom. The van der Waals surface area contributed by atoms with Crippen LogP contribution in [0.5, 0.6) is 5.75 Å². The van der Waals surface area contributed by atoms with Gasteiger partial charge in [0, 0.05) is 0 Å². The molecule has 0 spiro atoms. The number of esters is 1. The van der Waals surface area contributed by atoms with Crippen molar-refractivity contribution in [2.24, 2.45) is 5.73 Å². The highest BCUT2D eigenvalue weighted by molar-refractivity contribution is 5.92. The molecule has 138 valence electrons. The Morgan fingerprint density at radius 3 is 2.58 bits per heavy atom. The zero-order valence-corrected chi connectivity index (χ0v) is 15.4. The molecule has 26 heavy (non-hydrogen) atoms. The SMILES string of the molecule is CCCCOc1ccc(C2C(C#N)=C(N)OC(C)=C2C(=O)OCC)cc1. The minimum atomic E-state index is -0.627. The van der Waals surface area contributed by atoms with E-state index >= 15 is 0 Å². The first-order valence-corrected chi connectivity index (χ1v) is 8.71. The average Bonchev–Trinajstić information content (AvgIpc) is 2.62. The molecule has 6 nitrogen and oxygen atoms in total. The summed E-state index contributed by atoms with van der Waals surface area (Å²) < 4.78 is 16.2. The van der Waals surface area contributed by atoms with Crippen molar-refractivity contribution < 1.29 is 19.0 Å². The summed E-state index contributed by atoms with van der Waals surface area (Å²) in [4.78, 5) is 12.4. The number of nitriles is 1. The molecular formula is C20H24N2O4. The van der Waals surface area contributed by atoms with Gasteiger partial charge in [0.05, 0.1) is 24.7 Å². The molecule has 1 aliphatic rings. The van der Waals surface area contributed by atoms with Crippen molar-refractivity contribution in [3.8, 4) is 11.8 Å². The first kappa shape index (κ1) is 19.4. The van der Waals surface area contributed by atoms with Crippen LogP contribution in [-0.4, -0.2) is 19.2 Å². The molecular weight excluding hydrogens is 332 g/mol. The molecule has 0 saturated heterocycles. The van der Waals surface area contributed by atoms with Crippen molar-refractivity contribution in [1.82, 2.24) is 0 Å². The summed E-state index contributed by atoms with van der Waals surface area (Å²) in [5.74, 6) is -0.0568. The fraction of sp³-hybridized carbons (Fsp3) is 0.400. The van der Waals surface area contributed by atoms with Gasteiger partial charge in [-0.3, -0.25) is 0 Å². The first-order chi connectivity index (χ1) is 12.5. The van der Waals surface area contributed by atoms with Gasteiger partial charge in [-0.1, -0.05) is 25.5 Å². The Kier molecular flexibility index (Phi) is 6.67. The fourth-order valence-corrected chi connectivity index (χ4v) is 2.78. The van der Waals surface area contributed by atoms with Crippen LogP contribution >= 0.6 is 0 Å². The molecule has 6 heteroatoms. The van der Waals surface area contributed by atoms with E-state index in [9.17, 15) is 10.1 Å². The highest BCUT2D eigenvalue weighted by Crippen LogP contribution is 2.39. The van der Waals surface area contributed by atoms with Gasteiger partial charge in [0.15, 0.2) is 0 Å². The molecule has 1 aromatic rings. The summed E-state index contributed by atoms with van der Waals surface area (Å²) in [6.45, 7) is 6.35. The van der Waals surface area contributed by atoms with Gasteiger partial charge in [-0.15, -0.1) is 0 Å². The van der Waals surface area contributed by atoms with E-state index in [0.29, 0.717) is 12.4 Å². The lowest BCUT2D eigenvalue weighted by molar-refractivity contribution is -0.139. The summed E-state index contributed by atoms with van der Waals surface area (Å²) in [6, 6.07) is 9.36. The number of carbonyl (C=O) groups is 1. The number of hydrogen-bond donors (Lipinski definition) is 1. The molecule has 2 N–H and O–H groups in total. The zero-order valence-electron chi connectivity index (χ0n) is 15.4. The third-order valence-corrected chi connectivity index (χ3v) is 4.08. The van der Waals surface area contributed by atoms with E-state index in [0.717, 1.165) is 24.2 Å². The molecule has 1 unspecified atom stereocenters. The third kappa shape index (κ3) is 4.17. The van der Waals surface area contributed by atoms with Crippen LogP contribution in [0.4, 0.5) is 0 Å². The quantitative estimate of drug-likeness (QED) is 0.593. The van der Waals surface area contributed by atoms with Crippen LogP contribution < -0.4 is 10.5 Å². The fourth-order valence-electron chi connectivity index (χ4n) is 2.78. The predicted molar refractivity (Wildman–Crippen MR) is 96.8 cm³/mol. The van der Waals surface area contributed by atoms with Crippen molar-refractivity contribution in [3.63, 3.8) is 0 Å². The highest BCUT2D eigenvalue weighted by Gasteiger charge is 2.36. The monoisotopic (exact) mass is 356 g/mol. The maximum absolute atomic E-state index is 12.4. The molecule has 0 radical (unpaired) electrons. The molecule has 0 aliphatic carbocycles. The van der Waals surface area contributed by atoms with Crippen LogP contribution in [0.25, 0.3) is 0 Å². The van der Waals surface area contributed by atoms with Crippen molar-refractivity contribution in [2.75, 3.05) is 13.2 Å². The second-order valence-electron chi connectivity index (χ2n) is 5.89. The van der Waals surface area contributed by atoms with Gasteiger partial charge in [-0.05, 0) is 38.0 Å². The first-order valence-electron chi connectivity index (χ1n) is 8.71. The predicted octanol–water partition coefficient (Wildman–Crippen LogP) is 3.51. The molecule has 0 bridgehead atoms. The number of allylic oxidation sites excluding steroid dienone is 2. The Labute approximate surface area is 153 Å². The topological polar surface area (TPSA) is 94.6 Å². The van der Waals surface area contributed by atoms with Crippen LogP contribution in [0.2, 0.25) is 0 Å². The van der Waals surface area contributed by atoms with Crippen LogP contribution in [0.15, 0.2) is 47.1 Å². The van der Waals surface area contributed by atoms with Crippen molar-refractivity contribution >= 4 is 5.97 Å². The Hall–Kier alpha value is -2.94. The number of benzene rings is 1. The second-order valence-corrected chi connectivity index (χ2v) is 5.89. The minimum Gasteiger partial charge on any atom is -0.494 e. The Morgan fingerprint density at radius 1 is 1.31 bits per heavy atom. The third-order valence-electron chi connectivity index (χ3n) is 4.08. The van der Waals surface area contributed by atoms with E-state index in [1.54, 1.807) is 13.8 Å². The van der Waals surface area contributed by atoms with Crippen LogP contribution in [0, 0.1) is 11.3 Å². The maximum Gasteiger partial charge on any atom is 0.338 e. The van der Waals surface area contributed by atoms with Crippen LogP contribution in [-0.2, 0) is 14.3 Å². The van der Waals surface area contributed by atoms with E-state index < -0.39 is 11.9 Å². The molecule has 2 rings (SSSR count). The Balaban J connectivity index is 2.38. The number of nitrogens with zero attached hydrogens (tertiary/aromatic N) is 1. The zero-order chi connectivity index (χ0) is 19.1. The molecule has 0 fully saturated rings. The van der Waals surface area contributed by atoms with E-state index in [1.165, 1.54) is 0 Å². The minimum absolute atomic E-state index is 0.00585. The summed E-state index contributed by atoms with van der Waals surface area (Å²) in [6.07, 6.45) is 2.04. The number of ether oxygens (including phenoxy) is 3. The molecule has 0 aromatic heterocycles. The van der Waals surface area contributed by atoms with Gasteiger partial charge in [-0.2, -0.15) is 5.26 Å². The molecule has 1 aliphatic heterocycles. The number of carbonyl (C=O) groups excluding carboxylic acids is 1. The molecule has 0 saturated carbocycles. The van der Waals surface area contributed by atoms with E-state index in [-0.39, 0.29) is 23.6 Å². The maximum atomic E-state index is 12.4. The largest absolute Gasteiger partial charge is 0.494 e. The lowest BCUT2D eigenvalue weighted by atomic mass is 9.83. The summed E-state index contributed by atoms with van der Waals surface area (Å²) in [7, 11) is 0. The van der Waals surface area contributed by atoms with Crippen molar-refractivity contribution in [2.45, 2.75) is 39.5 Å². The van der Waals surface area contributed by atoms with E-state index in [2.05, 4.69) is 13.0 Å². The Bertz CT molecular complexity index is 757. The number of unbranched alkanes of at least 4 members (excludes halogenated alkanes) is 1. The van der Waals surface area contributed by atoms with E-state index in [1.807, 2.05) is 24.3 Å². The van der Waals surface area contributed by atoms with Gasteiger partial charge in [0.1, 0.15) is 23.2 Å². The van der Waals surface area contributed by atoms with Gasteiger partial charge in [-0.25, -0.2) is 4.79 Å². The van der Waals surface area contributed by atoms with Crippen LogP contribution in [0.3, 0.4) is 0 Å². The van der Waals surface area contributed by atoms with E-state index in [4.69, 9.17) is 19.9 Å². The highest BCUT2D eigenvalue weighted by atomic mass is 16.5. The lowest BCUT2D eigenvalue weighted by Gasteiger charge is -2.26. The van der Waals surface area contributed by atoms with Crippen molar-refractivity contribution in [1.29, 1.82) is 5.26 Å². The number of hydrogen-bond acceptors (Lipinski definition) is 6. The summed E-state index contributed by atoms with van der Waals surface area (Å²) in [5, 5.41) is 9.54. The molecule has 1 atom stereocenters. The van der Waals surface area contributed by atoms with Gasteiger partial charge in [0.2, 0.25) is 5.88 Å². The molecule has 0 amide bonds. The smallest absolute Gasteiger partial charge is 0.338 e. The second kappa shape index (κ2) is 8.95. The normalized spacial score (nSPS) is 16.8. The van der Waals surface area contributed by atoms with Crippen molar-refractivity contribution in [3.05, 3.63) is 52.6 Å². The van der Waals surface area contributed by atoms with Gasteiger partial charge >= 0.3 is 5.97 Å². The van der Waals surface area contributed by atoms with Gasteiger partial charge in [0.25, 0.3) is 0 Å².